The van der Waals surface area contributed by atoms with Crippen LogP contribution in [0.15, 0.2) is 22.7 Å². The molecule has 4 rings (SSSR count). The summed E-state index contributed by atoms with van der Waals surface area (Å²) in [6.45, 7) is 3.51. The predicted octanol–water partition coefficient (Wildman–Crippen LogP) is 3.00. The zero-order valence-corrected chi connectivity index (χ0v) is 12.3. The molecule has 0 aromatic carbocycles. The highest BCUT2D eigenvalue weighted by molar-refractivity contribution is 7.15. The first-order valence-electron chi connectivity index (χ1n) is 6.83. The summed E-state index contributed by atoms with van der Waals surface area (Å²) in [5, 5.41) is 11.3. The lowest BCUT2D eigenvalue weighted by atomic mass is 10.1. The first kappa shape index (κ1) is 12.7. The maximum atomic E-state index is 5.35. The average molecular weight is 302 g/mol. The SMILES string of the molecule is Cc1ccc(-c2cc(-c3nc([C@H]4CCOC4)no3)n[nH]2)s1. The summed E-state index contributed by atoms with van der Waals surface area (Å²) in [6, 6.07) is 6.10. The molecule has 1 aliphatic rings. The number of ether oxygens (including phenoxy) is 1. The number of aromatic nitrogens is 4. The number of rotatable bonds is 3. The summed E-state index contributed by atoms with van der Waals surface area (Å²) < 4.78 is 10.7. The minimum atomic E-state index is 0.237. The molecule has 0 radical (unpaired) electrons. The highest BCUT2D eigenvalue weighted by Gasteiger charge is 2.24. The smallest absolute Gasteiger partial charge is 0.278 e. The van der Waals surface area contributed by atoms with Gasteiger partial charge in [-0.05, 0) is 31.5 Å². The van der Waals surface area contributed by atoms with E-state index in [9.17, 15) is 0 Å². The highest BCUT2D eigenvalue weighted by Crippen LogP contribution is 2.29. The molecular formula is C14H14N4O2S. The van der Waals surface area contributed by atoms with E-state index in [1.54, 1.807) is 11.3 Å². The van der Waals surface area contributed by atoms with Crippen LogP contribution < -0.4 is 0 Å². The Labute approximate surface area is 125 Å². The molecule has 7 heteroatoms. The van der Waals surface area contributed by atoms with E-state index in [2.05, 4.69) is 39.4 Å². The van der Waals surface area contributed by atoms with Crippen LogP contribution in [-0.4, -0.2) is 33.6 Å². The average Bonchev–Trinajstić information content (AvgIpc) is 3.25. The first-order valence-corrected chi connectivity index (χ1v) is 7.65. The van der Waals surface area contributed by atoms with E-state index in [1.807, 2.05) is 6.07 Å². The Kier molecular flexibility index (Phi) is 3.08. The molecule has 1 fully saturated rings. The maximum Gasteiger partial charge on any atom is 0.278 e. The molecule has 1 saturated heterocycles. The van der Waals surface area contributed by atoms with Crippen LogP contribution in [0.4, 0.5) is 0 Å². The number of nitrogens with one attached hydrogen (secondary N) is 1. The molecule has 1 N–H and O–H groups in total. The fourth-order valence-corrected chi connectivity index (χ4v) is 3.21. The largest absolute Gasteiger partial charge is 0.381 e. The van der Waals surface area contributed by atoms with Gasteiger partial charge in [-0.3, -0.25) is 5.10 Å². The van der Waals surface area contributed by atoms with Crippen LogP contribution in [0, 0.1) is 6.92 Å². The molecule has 4 heterocycles. The van der Waals surface area contributed by atoms with Gasteiger partial charge in [0.05, 0.1) is 17.2 Å². The summed E-state index contributed by atoms with van der Waals surface area (Å²) in [5.41, 5.74) is 1.64. The number of H-pyrrole nitrogens is 1. The van der Waals surface area contributed by atoms with Gasteiger partial charge in [0.1, 0.15) is 0 Å². The van der Waals surface area contributed by atoms with Crippen LogP contribution in [0.25, 0.3) is 22.2 Å². The van der Waals surface area contributed by atoms with E-state index in [1.165, 1.54) is 4.88 Å². The van der Waals surface area contributed by atoms with E-state index in [-0.39, 0.29) is 5.92 Å². The Balaban J connectivity index is 1.60. The predicted molar refractivity (Wildman–Crippen MR) is 78.1 cm³/mol. The lowest BCUT2D eigenvalue weighted by molar-refractivity contribution is 0.192. The molecule has 1 aliphatic heterocycles. The molecule has 108 valence electrons. The lowest BCUT2D eigenvalue weighted by Crippen LogP contribution is -1.99. The topological polar surface area (TPSA) is 76.8 Å². The Morgan fingerprint density at radius 2 is 2.33 bits per heavy atom. The number of thiophene rings is 1. The standard InChI is InChI=1S/C14H14N4O2S/c1-8-2-3-12(21-8)10-6-11(17-16-10)14-15-13(18-20-14)9-4-5-19-7-9/h2-3,6,9H,4-5,7H2,1H3,(H,16,17)/t9-/m0/s1. The third kappa shape index (κ3) is 2.38. The van der Waals surface area contributed by atoms with Crippen molar-refractivity contribution in [3.63, 3.8) is 0 Å². The third-order valence-electron chi connectivity index (χ3n) is 3.54. The number of hydrogen-bond acceptors (Lipinski definition) is 6. The van der Waals surface area contributed by atoms with Crippen molar-refractivity contribution < 1.29 is 9.26 Å². The van der Waals surface area contributed by atoms with Crippen molar-refractivity contribution in [3.05, 3.63) is 28.9 Å². The normalized spacial score (nSPS) is 18.4. The van der Waals surface area contributed by atoms with E-state index < -0.39 is 0 Å². The zero-order chi connectivity index (χ0) is 14.2. The van der Waals surface area contributed by atoms with Crippen molar-refractivity contribution in [2.24, 2.45) is 0 Å². The molecule has 0 spiro atoms. The van der Waals surface area contributed by atoms with Crippen molar-refractivity contribution in [1.82, 2.24) is 20.3 Å². The second-order valence-corrected chi connectivity index (χ2v) is 6.38. The second kappa shape index (κ2) is 5.09. The molecule has 1 atom stereocenters. The van der Waals surface area contributed by atoms with E-state index in [4.69, 9.17) is 9.26 Å². The van der Waals surface area contributed by atoms with Gasteiger partial charge >= 0.3 is 0 Å². The van der Waals surface area contributed by atoms with Gasteiger partial charge in [0.15, 0.2) is 11.5 Å². The first-order chi connectivity index (χ1) is 10.3. The minimum absolute atomic E-state index is 0.237. The van der Waals surface area contributed by atoms with Gasteiger partial charge in [-0.1, -0.05) is 5.16 Å². The van der Waals surface area contributed by atoms with E-state index >= 15 is 0 Å². The molecule has 0 unspecified atom stereocenters. The van der Waals surface area contributed by atoms with Crippen LogP contribution in [0.1, 0.15) is 23.0 Å². The summed E-state index contributed by atoms with van der Waals surface area (Å²) in [6.07, 6.45) is 0.944. The molecule has 21 heavy (non-hydrogen) atoms. The quantitative estimate of drug-likeness (QED) is 0.804. The number of nitrogens with zero attached hydrogens (tertiary/aromatic N) is 3. The highest BCUT2D eigenvalue weighted by atomic mass is 32.1. The lowest BCUT2D eigenvalue weighted by Gasteiger charge is -1.97. The van der Waals surface area contributed by atoms with Crippen LogP contribution in [0.2, 0.25) is 0 Å². The van der Waals surface area contributed by atoms with Crippen LogP contribution in [0.3, 0.4) is 0 Å². The Morgan fingerprint density at radius 3 is 3.10 bits per heavy atom. The van der Waals surface area contributed by atoms with Crippen LogP contribution in [0.5, 0.6) is 0 Å². The molecule has 3 aromatic rings. The summed E-state index contributed by atoms with van der Waals surface area (Å²) in [5.74, 6) is 1.40. The van der Waals surface area contributed by atoms with Gasteiger partial charge < -0.3 is 9.26 Å². The molecule has 6 nitrogen and oxygen atoms in total. The molecule has 0 aliphatic carbocycles. The van der Waals surface area contributed by atoms with Crippen molar-refractivity contribution in [1.29, 1.82) is 0 Å². The summed E-state index contributed by atoms with van der Waals surface area (Å²) in [7, 11) is 0. The Hall–Kier alpha value is -1.99. The van der Waals surface area contributed by atoms with Gasteiger partial charge in [-0.25, -0.2) is 0 Å². The molecular weight excluding hydrogens is 288 g/mol. The molecule has 0 bridgehead atoms. The van der Waals surface area contributed by atoms with Gasteiger partial charge in [0, 0.05) is 17.4 Å². The minimum Gasteiger partial charge on any atom is -0.381 e. The van der Waals surface area contributed by atoms with Crippen LogP contribution >= 0.6 is 11.3 Å². The van der Waals surface area contributed by atoms with Gasteiger partial charge in [-0.2, -0.15) is 10.1 Å². The monoisotopic (exact) mass is 302 g/mol. The molecule has 0 amide bonds. The van der Waals surface area contributed by atoms with E-state index in [0.717, 1.165) is 23.6 Å². The Bertz CT molecular complexity index is 754. The fraction of sp³-hybridized carbons (Fsp3) is 0.357. The third-order valence-corrected chi connectivity index (χ3v) is 4.57. The molecule has 3 aromatic heterocycles. The summed E-state index contributed by atoms with van der Waals surface area (Å²) >= 11 is 1.72. The fourth-order valence-electron chi connectivity index (χ4n) is 2.38. The second-order valence-electron chi connectivity index (χ2n) is 5.10. The number of aryl methyl sites for hydroxylation is 1. The van der Waals surface area contributed by atoms with Crippen molar-refractivity contribution in [2.45, 2.75) is 19.3 Å². The van der Waals surface area contributed by atoms with Crippen molar-refractivity contribution >= 4 is 11.3 Å². The van der Waals surface area contributed by atoms with Gasteiger partial charge in [0.2, 0.25) is 0 Å². The van der Waals surface area contributed by atoms with Gasteiger partial charge in [-0.15, -0.1) is 11.3 Å². The number of aromatic amines is 1. The number of hydrogen-bond donors (Lipinski definition) is 1. The zero-order valence-electron chi connectivity index (χ0n) is 11.5. The maximum absolute atomic E-state index is 5.35. The van der Waals surface area contributed by atoms with Crippen LogP contribution in [-0.2, 0) is 4.74 Å². The van der Waals surface area contributed by atoms with Crippen molar-refractivity contribution in [3.8, 4) is 22.2 Å². The van der Waals surface area contributed by atoms with Gasteiger partial charge in [0.25, 0.3) is 5.89 Å². The molecule has 0 saturated carbocycles. The van der Waals surface area contributed by atoms with E-state index in [0.29, 0.717) is 24.0 Å². The Morgan fingerprint density at radius 1 is 1.38 bits per heavy atom. The van der Waals surface area contributed by atoms with Crippen molar-refractivity contribution in [2.75, 3.05) is 13.2 Å². The summed E-state index contributed by atoms with van der Waals surface area (Å²) in [4.78, 5) is 6.85.